The van der Waals surface area contributed by atoms with Gasteiger partial charge in [-0.1, -0.05) is 6.07 Å². The Balaban J connectivity index is 1.85. The van der Waals surface area contributed by atoms with Gasteiger partial charge in [-0.15, -0.1) is 0 Å². The van der Waals surface area contributed by atoms with E-state index in [4.69, 9.17) is 5.73 Å². The molecule has 0 aliphatic heterocycles. The highest BCUT2D eigenvalue weighted by Crippen LogP contribution is 2.27. The number of hydrogen-bond acceptors (Lipinski definition) is 2. The Morgan fingerprint density at radius 2 is 1.95 bits per heavy atom. The lowest BCUT2D eigenvalue weighted by atomic mass is 10.1. The number of aryl methyl sites for hydroxylation is 2. The fourth-order valence-corrected chi connectivity index (χ4v) is 3.08. The molecule has 0 saturated heterocycles. The minimum Gasteiger partial charge on any atom is -0.396 e. The van der Waals surface area contributed by atoms with Gasteiger partial charge in [0.1, 0.15) is 5.82 Å². The van der Waals surface area contributed by atoms with Crippen molar-refractivity contribution in [2.75, 3.05) is 11.1 Å². The molecular weight excluding hydrogens is 335 g/mol. The molecule has 108 valence electrons. The predicted molar refractivity (Wildman–Crippen MR) is 84.9 cm³/mol. The lowest BCUT2D eigenvalue weighted by molar-refractivity contribution is 0.102. The molecule has 0 bridgehead atoms. The van der Waals surface area contributed by atoms with Crippen molar-refractivity contribution in [1.29, 1.82) is 0 Å². The first kappa shape index (κ1) is 14.1. The molecule has 0 saturated carbocycles. The van der Waals surface area contributed by atoms with E-state index in [9.17, 15) is 9.18 Å². The third-order valence-electron chi connectivity index (χ3n) is 3.69. The Morgan fingerprint density at radius 3 is 2.76 bits per heavy atom. The van der Waals surface area contributed by atoms with Gasteiger partial charge in [0.05, 0.1) is 11.3 Å². The van der Waals surface area contributed by atoms with Crippen molar-refractivity contribution in [1.82, 2.24) is 0 Å². The highest BCUT2D eigenvalue weighted by atomic mass is 79.9. The molecule has 21 heavy (non-hydrogen) atoms. The predicted octanol–water partition coefficient (Wildman–Crippen LogP) is 3.91. The largest absolute Gasteiger partial charge is 0.396 e. The van der Waals surface area contributed by atoms with E-state index in [0.717, 1.165) is 24.9 Å². The molecule has 3 N–H and O–H groups in total. The first-order chi connectivity index (χ1) is 10.0. The summed E-state index contributed by atoms with van der Waals surface area (Å²) in [7, 11) is 0. The van der Waals surface area contributed by atoms with E-state index in [2.05, 4.69) is 21.2 Å². The molecule has 3 rings (SSSR count). The summed E-state index contributed by atoms with van der Waals surface area (Å²) in [6.45, 7) is 0. The maximum absolute atomic E-state index is 13.3. The summed E-state index contributed by atoms with van der Waals surface area (Å²) in [5.41, 5.74) is 9.16. The van der Waals surface area contributed by atoms with E-state index in [1.54, 1.807) is 0 Å². The fourth-order valence-electron chi connectivity index (χ4n) is 2.59. The fraction of sp³-hybridized carbons (Fsp3) is 0.188. The van der Waals surface area contributed by atoms with Crippen molar-refractivity contribution in [2.24, 2.45) is 0 Å². The zero-order chi connectivity index (χ0) is 15.0. The van der Waals surface area contributed by atoms with Gasteiger partial charge in [-0.3, -0.25) is 4.79 Å². The number of carbonyl (C=O) groups is 1. The third kappa shape index (κ3) is 2.78. The summed E-state index contributed by atoms with van der Waals surface area (Å²) in [4.78, 5) is 12.3. The van der Waals surface area contributed by atoms with Crippen molar-refractivity contribution < 1.29 is 9.18 Å². The molecule has 2 aromatic rings. The first-order valence-electron chi connectivity index (χ1n) is 6.72. The summed E-state index contributed by atoms with van der Waals surface area (Å²) in [5, 5.41) is 2.83. The number of benzene rings is 2. The van der Waals surface area contributed by atoms with Crippen molar-refractivity contribution in [2.45, 2.75) is 19.3 Å². The maximum Gasteiger partial charge on any atom is 0.256 e. The quantitative estimate of drug-likeness (QED) is 0.808. The number of anilines is 2. The molecule has 2 aromatic carbocycles. The van der Waals surface area contributed by atoms with Crippen molar-refractivity contribution in [3.63, 3.8) is 0 Å². The van der Waals surface area contributed by atoms with Crippen molar-refractivity contribution in [3.8, 4) is 0 Å². The number of fused-ring (bicyclic) bond motifs is 1. The highest BCUT2D eigenvalue weighted by molar-refractivity contribution is 9.10. The lowest BCUT2D eigenvalue weighted by Gasteiger charge is -2.10. The van der Waals surface area contributed by atoms with E-state index in [1.807, 2.05) is 18.2 Å². The van der Waals surface area contributed by atoms with Crippen LogP contribution < -0.4 is 11.1 Å². The number of rotatable bonds is 2. The van der Waals surface area contributed by atoms with Crippen LogP contribution in [0.4, 0.5) is 15.8 Å². The normalized spacial score (nSPS) is 13.0. The smallest absolute Gasteiger partial charge is 0.256 e. The minimum atomic E-state index is -0.545. The summed E-state index contributed by atoms with van der Waals surface area (Å²) in [6.07, 6.45) is 3.31. The molecule has 1 amide bonds. The summed E-state index contributed by atoms with van der Waals surface area (Å²) >= 11 is 3.19. The van der Waals surface area contributed by atoms with Crippen molar-refractivity contribution in [3.05, 3.63) is 57.3 Å². The Bertz CT molecular complexity index is 730. The molecule has 5 heteroatoms. The van der Waals surface area contributed by atoms with Crippen LogP contribution in [-0.2, 0) is 12.8 Å². The topological polar surface area (TPSA) is 55.1 Å². The molecule has 0 spiro atoms. The van der Waals surface area contributed by atoms with E-state index in [-0.39, 0.29) is 11.6 Å². The van der Waals surface area contributed by atoms with Crippen LogP contribution in [0.1, 0.15) is 27.9 Å². The minimum absolute atomic E-state index is 0.0442. The van der Waals surface area contributed by atoms with Gasteiger partial charge >= 0.3 is 0 Å². The maximum atomic E-state index is 13.3. The van der Waals surface area contributed by atoms with E-state index in [1.165, 1.54) is 23.3 Å². The molecule has 0 unspecified atom stereocenters. The molecule has 1 aliphatic rings. The highest BCUT2D eigenvalue weighted by Gasteiger charge is 2.15. The average molecular weight is 349 g/mol. The van der Waals surface area contributed by atoms with Crippen molar-refractivity contribution >= 4 is 33.2 Å². The van der Waals surface area contributed by atoms with E-state index >= 15 is 0 Å². The summed E-state index contributed by atoms with van der Waals surface area (Å²) in [5.74, 6) is -0.859. The standard InChI is InChI=1S/C16H14BrFN2O/c17-13-8-14(18)15(19)7-12(13)16(21)20-11-5-4-9-2-1-3-10(9)6-11/h4-8H,1-3,19H2,(H,20,21). The van der Waals surface area contributed by atoms with Gasteiger partial charge in [-0.05, 0) is 70.6 Å². The van der Waals surface area contributed by atoms with Gasteiger partial charge in [0.25, 0.3) is 5.91 Å². The third-order valence-corrected chi connectivity index (χ3v) is 4.34. The average Bonchev–Trinajstić information content (AvgIpc) is 2.90. The van der Waals surface area contributed by atoms with Crippen LogP contribution in [0.2, 0.25) is 0 Å². The molecule has 0 atom stereocenters. The molecule has 0 radical (unpaired) electrons. The van der Waals surface area contributed by atoms with Gasteiger partial charge in [-0.25, -0.2) is 4.39 Å². The van der Waals surface area contributed by atoms with Crippen LogP contribution in [0.25, 0.3) is 0 Å². The van der Waals surface area contributed by atoms with Crippen LogP contribution in [0.5, 0.6) is 0 Å². The van der Waals surface area contributed by atoms with Crippen LogP contribution >= 0.6 is 15.9 Å². The van der Waals surface area contributed by atoms with E-state index < -0.39 is 5.82 Å². The van der Waals surface area contributed by atoms with Gasteiger partial charge in [-0.2, -0.15) is 0 Å². The number of nitrogens with one attached hydrogen (secondary N) is 1. The summed E-state index contributed by atoms with van der Waals surface area (Å²) < 4.78 is 13.7. The van der Waals surface area contributed by atoms with Gasteiger partial charge in [0.15, 0.2) is 0 Å². The zero-order valence-electron chi connectivity index (χ0n) is 11.2. The second-order valence-electron chi connectivity index (χ2n) is 5.14. The SMILES string of the molecule is Nc1cc(C(=O)Nc2ccc3c(c2)CCC3)c(Br)cc1F. The summed E-state index contributed by atoms with van der Waals surface area (Å²) in [6, 6.07) is 8.48. The second kappa shape index (κ2) is 5.48. The van der Waals surface area contributed by atoms with Crippen LogP contribution in [0, 0.1) is 5.82 Å². The Labute approximate surface area is 130 Å². The molecule has 0 aromatic heterocycles. The monoisotopic (exact) mass is 348 g/mol. The van der Waals surface area contributed by atoms with Crippen LogP contribution in [0.15, 0.2) is 34.8 Å². The van der Waals surface area contributed by atoms with Gasteiger partial charge in [0, 0.05) is 10.2 Å². The molecule has 1 aliphatic carbocycles. The van der Waals surface area contributed by atoms with Gasteiger partial charge in [0.2, 0.25) is 0 Å². The zero-order valence-corrected chi connectivity index (χ0v) is 12.8. The van der Waals surface area contributed by atoms with Gasteiger partial charge < -0.3 is 11.1 Å². The number of hydrogen-bond donors (Lipinski definition) is 2. The van der Waals surface area contributed by atoms with Crippen LogP contribution in [-0.4, -0.2) is 5.91 Å². The lowest BCUT2D eigenvalue weighted by Crippen LogP contribution is -2.13. The number of halogens is 2. The Morgan fingerprint density at radius 1 is 1.19 bits per heavy atom. The number of nitrogens with two attached hydrogens (primary N) is 1. The van der Waals surface area contributed by atoms with Crippen LogP contribution in [0.3, 0.4) is 0 Å². The van der Waals surface area contributed by atoms with E-state index in [0.29, 0.717) is 10.0 Å². The second-order valence-corrected chi connectivity index (χ2v) is 6.00. The molecule has 0 heterocycles. The number of carbonyl (C=O) groups excluding carboxylic acids is 1. The Kier molecular flexibility index (Phi) is 3.68. The number of nitrogen functional groups attached to an aromatic ring is 1. The Hall–Kier alpha value is -1.88. The number of amides is 1. The first-order valence-corrected chi connectivity index (χ1v) is 7.51. The molecule has 3 nitrogen and oxygen atoms in total. The molecule has 0 fully saturated rings. The molecular formula is C16H14BrFN2O.